The lowest BCUT2D eigenvalue weighted by Crippen LogP contribution is -2.09. The van der Waals surface area contributed by atoms with Gasteiger partial charge in [-0.2, -0.15) is 0 Å². The Labute approximate surface area is 88.5 Å². The summed E-state index contributed by atoms with van der Waals surface area (Å²) < 4.78 is 0. The lowest BCUT2D eigenvalue weighted by Gasteiger charge is -2.12. The summed E-state index contributed by atoms with van der Waals surface area (Å²) in [4.78, 5) is 0. The van der Waals surface area contributed by atoms with Gasteiger partial charge >= 0.3 is 0 Å². The third-order valence-corrected chi connectivity index (χ3v) is 2.51. The Balaban J connectivity index is 3.80. The number of aliphatic hydroxyl groups is 1. The molecule has 0 saturated heterocycles. The van der Waals surface area contributed by atoms with Crippen molar-refractivity contribution in [3.8, 4) is 0 Å². The molecule has 0 unspecified atom stereocenters. The molecule has 0 aromatic rings. The Morgan fingerprint density at radius 2 is 1.86 bits per heavy atom. The Morgan fingerprint density at radius 3 is 2.36 bits per heavy atom. The van der Waals surface area contributed by atoms with Crippen LogP contribution >= 0.6 is 0 Å². The molecule has 0 aliphatic rings. The van der Waals surface area contributed by atoms with E-state index in [9.17, 15) is 5.11 Å². The number of unbranched alkanes of at least 4 members (excludes halogenated alkanes) is 3. The fourth-order valence-electron chi connectivity index (χ4n) is 1.50. The van der Waals surface area contributed by atoms with Gasteiger partial charge in [0.05, 0.1) is 6.10 Å². The van der Waals surface area contributed by atoms with E-state index in [0.29, 0.717) is 0 Å². The highest BCUT2D eigenvalue weighted by Crippen LogP contribution is 2.15. The Bertz CT molecular complexity index is 178. The molecule has 0 saturated carbocycles. The SMILES string of the molecule is C=C=C(CCCC)[C@H](O)CCCCC. The molecule has 1 N–H and O–H groups in total. The van der Waals surface area contributed by atoms with Crippen molar-refractivity contribution in [2.75, 3.05) is 0 Å². The van der Waals surface area contributed by atoms with Gasteiger partial charge in [0.25, 0.3) is 0 Å². The van der Waals surface area contributed by atoms with Gasteiger partial charge in [-0.15, -0.1) is 5.73 Å². The van der Waals surface area contributed by atoms with Crippen molar-refractivity contribution < 1.29 is 5.11 Å². The number of hydrogen-bond donors (Lipinski definition) is 1. The molecule has 82 valence electrons. The second-order valence-electron chi connectivity index (χ2n) is 3.82. The molecular formula is C13H24O. The van der Waals surface area contributed by atoms with Gasteiger partial charge in [-0.3, -0.25) is 0 Å². The van der Waals surface area contributed by atoms with Gasteiger partial charge < -0.3 is 5.11 Å². The molecule has 1 atom stereocenters. The van der Waals surface area contributed by atoms with E-state index < -0.39 is 0 Å². The highest BCUT2D eigenvalue weighted by molar-refractivity contribution is 5.05. The van der Waals surface area contributed by atoms with Crippen molar-refractivity contribution in [1.29, 1.82) is 0 Å². The van der Waals surface area contributed by atoms with Gasteiger partial charge in [0, 0.05) is 0 Å². The van der Waals surface area contributed by atoms with Crippen molar-refractivity contribution in [2.24, 2.45) is 0 Å². The molecule has 0 aromatic heterocycles. The molecule has 0 rings (SSSR count). The zero-order valence-electron chi connectivity index (χ0n) is 9.68. The largest absolute Gasteiger partial charge is 0.388 e. The van der Waals surface area contributed by atoms with E-state index >= 15 is 0 Å². The van der Waals surface area contributed by atoms with E-state index in [4.69, 9.17) is 0 Å². The van der Waals surface area contributed by atoms with E-state index in [1.807, 2.05) is 0 Å². The van der Waals surface area contributed by atoms with Gasteiger partial charge in [0.1, 0.15) is 0 Å². The van der Waals surface area contributed by atoms with Gasteiger partial charge in [-0.05, 0) is 24.8 Å². The smallest absolute Gasteiger partial charge is 0.0823 e. The minimum atomic E-state index is -0.300. The van der Waals surface area contributed by atoms with Gasteiger partial charge in [0.2, 0.25) is 0 Å². The first kappa shape index (κ1) is 13.5. The molecule has 0 spiro atoms. The summed E-state index contributed by atoms with van der Waals surface area (Å²) in [5, 5.41) is 9.82. The maximum absolute atomic E-state index is 9.82. The molecule has 1 nitrogen and oxygen atoms in total. The average Bonchev–Trinajstić information content (AvgIpc) is 2.19. The van der Waals surface area contributed by atoms with Crippen LogP contribution in [0.3, 0.4) is 0 Å². The van der Waals surface area contributed by atoms with Crippen LogP contribution in [0.25, 0.3) is 0 Å². The molecular weight excluding hydrogens is 172 g/mol. The van der Waals surface area contributed by atoms with Crippen LogP contribution in [0.2, 0.25) is 0 Å². The van der Waals surface area contributed by atoms with E-state index in [1.54, 1.807) is 0 Å². The first-order valence-corrected chi connectivity index (χ1v) is 5.83. The van der Waals surface area contributed by atoms with E-state index in [2.05, 4.69) is 26.2 Å². The predicted octanol–water partition coefficient (Wildman–Crippen LogP) is 3.83. The maximum Gasteiger partial charge on any atom is 0.0823 e. The van der Waals surface area contributed by atoms with Crippen LogP contribution in [-0.4, -0.2) is 11.2 Å². The molecule has 0 bridgehead atoms. The minimum Gasteiger partial charge on any atom is -0.388 e. The van der Waals surface area contributed by atoms with Crippen LogP contribution in [-0.2, 0) is 0 Å². The number of aliphatic hydroxyl groups excluding tert-OH is 1. The molecule has 0 radical (unpaired) electrons. The molecule has 0 aliphatic heterocycles. The Morgan fingerprint density at radius 1 is 1.21 bits per heavy atom. The predicted molar refractivity (Wildman–Crippen MR) is 62.3 cm³/mol. The highest BCUT2D eigenvalue weighted by Gasteiger charge is 2.08. The van der Waals surface area contributed by atoms with Crippen LogP contribution in [0.4, 0.5) is 0 Å². The van der Waals surface area contributed by atoms with Crippen molar-refractivity contribution in [3.05, 3.63) is 17.9 Å². The second kappa shape index (κ2) is 9.05. The third kappa shape index (κ3) is 6.01. The fourth-order valence-corrected chi connectivity index (χ4v) is 1.50. The van der Waals surface area contributed by atoms with Crippen molar-refractivity contribution in [2.45, 2.75) is 64.9 Å². The lowest BCUT2D eigenvalue weighted by atomic mass is 9.99. The fraction of sp³-hybridized carbons (Fsp3) is 0.769. The standard InChI is InChI=1S/C13H24O/c1-4-7-9-11-13(14)12(6-3)10-8-5-2/h13-14H,3-5,7-11H2,1-2H3/t13-/m1/s1. The van der Waals surface area contributed by atoms with Crippen molar-refractivity contribution in [1.82, 2.24) is 0 Å². The van der Waals surface area contributed by atoms with Crippen LogP contribution < -0.4 is 0 Å². The molecule has 14 heavy (non-hydrogen) atoms. The van der Waals surface area contributed by atoms with E-state index in [1.165, 1.54) is 12.8 Å². The van der Waals surface area contributed by atoms with E-state index in [0.717, 1.165) is 37.7 Å². The molecule has 0 fully saturated rings. The van der Waals surface area contributed by atoms with Crippen LogP contribution in [0.5, 0.6) is 0 Å². The summed E-state index contributed by atoms with van der Waals surface area (Å²) in [7, 11) is 0. The van der Waals surface area contributed by atoms with Crippen molar-refractivity contribution >= 4 is 0 Å². The monoisotopic (exact) mass is 196 g/mol. The van der Waals surface area contributed by atoms with Gasteiger partial charge in [-0.1, -0.05) is 46.1 Å². The first-order valence-electron chi connectivity index (χ1n) is 5.83. The Hall–Kier alpha value is -0.520. The van der Waals surface area contributed by atoms with Crippen LogP contribution in [0.1, 0.15) is 58.8 Å². The number of hydrogen-bond acceptors (Lipinski definition) is 1. The maximum atomic E-state index is 9.82. The Kier molecular flexibility index (Phi) is 8.72. The summed E-state index contributed by atoms with van der Waals surface area (Å²) in [6.07, 6.45) is 7.32. The highest BCUT2D eigenvalue weighted by atomic mass is 16.3. The van der Waals surface area contributed by atoms with Gasteiger partial charge in [-0.25, -0.2) is 0 Å². The third-order valence-electron chi connectivity index (χ3n) is 2.51. The summed E-state index contributed by atoms with van der Waals surface area (Å²) >= 11 is 0. The summed E-state index contributed by atoms with van der Waals surface area (Å²) in [6.45, 7) is 7.97. The van der Waals surface area contributed by atoms with Crippen molar-refractivity contribution in [3.63, 3.8) is 0 Å². The quantitative estimate of drug-likeness (QED) is 0.462. The summed E-state index contributed by atoms with van der Waals surface area (Å²) in [5.74, 6) is 0. The molecule has 0 amide bonds. The topological polar surface area (TPSA) is 20.2 Å². The average molecular weight is 196 g/mol. The molecule has 1 heteroatoms. The molecule has 0 heterocycles. The van der Waals surface area contributed by atoms with Crippen LogP contribution in [0, 0.1) is 0 Å². The normalized spacial score (nSPS) is 12.2. The summed E-state index contributed by atoms with van der Waals surface area (Å²) in [5.41, 5.74) is 3.88. The number of rotatable bonds is 8. The van der Waals surface area contributed by atoms with E-state index in [-0.39, 0.29) is 6.10 Å². The van der Waals surface area contributed by atoms with Crippen LogP contribution in [0.15, 0.2) is 17.9 Å². The zero-order chi connectivity index (χ0) is 10.8. The second-order valence-corrected chi connectivity index (χ2v) is 3.82. The molecule has 0 aromatic carbocycles. The minimum absolute atomic E-state index is 0.300. The molecule has 0 aliphatic carbocycles. The van der Waals surface area contributed by atoms with Gasteiger partial charge in [0.15, 0.2) is 0 Å². The first-order chi connectivity index (χ1) is 6.76. The lowest BCUT2D eigenvalue weighted by molar-refractivity contribution is 0.192. The summed E-state index contributed by atoms with van der Waals surface area (Å²) in [6, 6.07) is 0. The zero-order valence-corrected chi connectivity index (χ0v) is 9.68.